The molecular weight excluding hydrogens is 180 g/mol. The van der Waals surface area contributed by atoms with Crippen molar-refractivity contribution < 1.29 is 5.11 Å². The average molecular weight is 196 g/mol. The van der Waals surface area contributed by atoms with Gasteiger partial charge in [0.15, 0.2) is 0 Å². The maximum atomic E-state index is 9.49. The summed E-state index contributed by atoms with van der Waals surface area (Å²) in [5.41, 5.74) is 0. The van der Waals surface area contributed by atoms with E-state index in [0.29, 0.717) is 0 Å². The summed E-state index contributed by atoms with van der Waals surface area (Å²) >= 11 is 0. The number of β-amino-alcohol motifs (C(OH)–C–C–N with tert-alkyl or cyclic N) is 1. The first-order valence-corrected chi connectivity index (χ1v) is 4.99. The molecule has 78 valence electrons. The Hall–Kier alpha value is -0.940. The molecule has 2 heterocycles. The van der Waals surface area contributed by atoms with Crippen LogP contribution in [0.1, 0.15) is 18.7 Å². The molecule has 14 heavy (non-hydrogen) atoms. The van der Waals surface area contributed by atoms with Gasteiger partial charge in [-0.3, -0.25) is 4.90 Å². The molecule has 1 aromatic heterocycles. The summed E-state index contributed by atoms with van der Waals surface area (Å²) in [6.45, 7) is 2.59. The Morgan fingerprint density at radius 1 is 1.64 bits per heavy atom. The Balaban J connectivity index is 1.94. The van der Waals surface area contributed by atoms with Crippen LogP contribution in [0.4, 0.5) is 0 Å². The van der Waals surface area contributed by atoms with Gasteiger partial charge in [-0.25, -0.2) is 0 Å². The maximum Gasteiger partial charge on any atom is 0.146 e. The molecule has 5 heteroatoms. The number of nitrogens with zero attached hydrogens (tertiary/aromatic N) is 4. The molecule has 5 nitrogen and oxygen atoms in total. The first-order chi connectivity index (χ1) is 6.75. The van der Waals surface area contributed by atoms with Crippen molar-refractivity contribution in [1.29, 1.82) is 0 Å². The number of aromatic nitrogens is 3. The lowest BCUT2D eigenvalue weighted by Gasteiger charge is -2.29. The summed E-state index contributed by atoms with van der Waals surface area (Å²) in [4.78, 5) is 2.22. The van der Waals surface area contributed by atoms with Gasteiger partial charge in [-0.1, -0.05) is 0 Å². The van der Waals surface area contributed by atoms with E-state index in [1.165, 1.54) is 0 Å². The van der Waals surface area contributed by atoms with Gasteiger partial charge in [0.05, 0.1) is 12.6 Å². The molecule has 1 aliphatic heterocycles. The van der Waals surface area contributed by atoms with Crippen LogP contribution in [0, 0.1) is 0 Å². The van der Waals surface area contributed by atoms with Gasteiger partial charge < -0.3 is 9.67 Å². The van der Waals surface area contributed by atoms with Crippen molar-refractivity contribution in [2.45, 2.75) is 25.5 Å². The molecule has 0 aromatic carbocycles. The van der Waals surface area contributed by atoms with Crippen LogP contribution in [0.5, 0.6) is 0 Å². The number of rotatable bonds is 2. The molecular formula is C9H16N4O. The summed E-state index contributed by atoms with van der Waals surface area (Å²) < 4.78 is 1.92. The topological polar surface area (TPSA) is 54.2 Å². The lowest BCUT2D eigenvalue weighted by Crippen LogP contribution is -2.38. The largest absolute Gasteiger partial charge is 0.392 e. The van der Waals surface area contributed by atoms with Crippen LogP contribution < -0.4 is 0 Å². The van der Waals surface area contributed by atoms with E-state index in [1.807, 2.05) is 11.6 Å². The Morgan fingerprint density at radius 2 is 2.50 bits per heavy atom. The molecule has 1 atom stereocenters. The van der Waals surface area contributed by atoms with E-state index in [-0.39, 0.29) is 6.10 Å². The highest BCUT2D eigenvalue weighted by molar-refractivity contribution is 4.85. The fourth-order valence-electron chi connectivity index (χ4n) is 1.83. The van der Waals surface area contributed by atoms with Crippen molar-refractivity contribution in [3.8, 4) is 0 Å². The van der Waals surface area contributed by atoms with Crippen molar-refractivity contribution >= 4 is 0 Å². The third-order valence-electron chi connectivity index (χ3n) is 2.65. The lowest BCUT2D eigenvalue weighted by molar-refractivity contribution is 0.0650. The van der Waals surface area contributed by atoms with Crippen LogP contribution >= 0.6 is 0 Å². The first kappa shape index (κ1) is 9.61. The summed E-state index contributed by atoms with van der Waals surface area (Å²) in [5, 5.41) is 17.3. The van der Waals surface area contributed by atoms with E-state index in [4.69, 9.17) is 0 Å². The second-order valence-electron chi connectivity index (χ2n) is 3.89. The quantitative estimate of drug-likeness (QED) is 0.710. The van der Waals surface area contributed by atoms with Gasteiger partial charge in [-0.05, 0) is 19.4 Å². The van der Waals surface area contributed by atoms with Gasteiger partial charge >= 0.3 is 0 Å². The zero-order chi connectivity index (χ0) is 9.97. The minimum absolute atomic E-state index is 0.169. The molecule has 1 aromatic rings. The van der Waals surface area contributed by atoms with E-state index >= 15 is 0 Å². The zero-order valence-corrected chi connectivity index (χ0v) is 8.43. The standard InChI is InChI=1S/C9H16N4O/c1-12-7-10-11-9(12)6-13-4-2-3-8(14)5-13/h7-8,14H,2-6H2,1H3. The van der Waals surface area contributed by atoms with Gasteiger partial charge in [-0.15, -0.1) is 10.2 Å². The predicted molar refractivity (Wildman–Crippen MR) is 51.5 cm³/mol. The average Bonchev–Trinajstić information content (AvgIpc) is 2.52. The van der Waals surface area contributed by atoms with E-state index < -0.39 is 0 Å². The van der Waals surface area contributed by atoms with Gasteiger partial charge in [-0.2, -0.15) is 0 Å². The molecule has 1 fully saturated rings. The van der Waals surface area contributed by atoms with Crippen LogP contribution in [0.15, 0.2) is 6.33 Å². The van der Waals surface area contributed by atoms with Crippen LogP contribution in [0.25, 0.3) is 0 Å². The zero-order valence-electron chi connectivity index (χ0n) is 8.43. The van der Waals surface area contributed by atoms with Gasteiger partial charge in [0.1, 0.15) is 12.2 Å². The van der Waals surface area contributed by atoms with Crippen molar-refractivity contribution in [3.63, 3.8) is 0 Å². The van der Waals surface area contributed by atoms with E-state index in [0.717, 1.165) is 38.3 Å². The van der Waals surface area contributed by atoms with Crippen molar-refractivity contribution in [1.82, 2.24) is 19.7 Å². The molecule has 1 saturated heterocycles. The number of hydrogen-bond donors (Lipinski definition) is 1. The first-order valence-electron chi connectivity index (χ1n) is 4.99. The normalized spacial score (nSPS) is 24.0. The Kier molecular flexibility index (Phi) is 2.79. The van der Waals surface area contributed by atoms with Crippen molar-refractivity contribution in [2.75, 3.05) is 13.1 Å². The molecule has 1 aliphatic rings. The SMILES string of the molecule is Cn1cnnc1CN1CCCC(O)C1. The molecule has 0 amide bonds. The highest BCUT2D eigenvalue weighted by Gasteiger charge is 2.18. The maximum absolute atomic E-state index is 9.49. The van der Waals surface area contributed by atoms with Crippen LogP contribution in [-0.2, 0) is 13.6 Å². The third kappa shape index (κ3) is 2.10. The van der Waals surface area contributed by atoms with Gasteiger partial charge in [0.25, 0.3) is 0 Å². The second-order valence-corrected chi connectivity index (χ2v) is 3.89. The summed E-state index contributed by atoms with van der Waals surface area (Å²) in [6, 6.07) is 0. The number of aryl methyl sites for hydroxylation is 1. The van der Waals surface area contributed by atoms with Crippen LogP contribution in [0.3, 0.4) is 0 Å². The van der Waals surface area contributed by atoms with Crippen molar-refractivity contribution in [2.24, 2.45) is 7.05 Å². The fraction of sp³-hybridized carbons (Fsp3) is 0.778. The minimum Gasteiger partial charge on any atom is -0.392 e. The number of piperidine rings is 1. The molecule has 2 rings (SSSR count). The third-order valence-corrected chi connectivity index (χ3v) is 2.65. The van der Waals surface area contributed by atoms with Crippen molar-refractivity contribution in [3.05, 3.63) is 12.2 Å². The lowest BCUT2D eigenvalue weighted by atomic mass is 10.1. The van der Waals surface area contributed by atoms with Crippen LogP contribution in [-0.4, -0.2) is 44.0 Å². The summed E-state index contributed by atoms with van der Waals surface area (Å²) in [5.74, 6) is 0.958. The molecule has 0 radical (unpaired) electrons. The second kappa shape index (κ2) is 4.06. The fourth-order valence-corrected chi connectivity index (χ4v) is 1.83. The highest BCUT2D eigenvalue weighted by Crippen LogP contribution is 2.11. The predicted octanol–water partition coefficient (Wildman–Crippen LogP) is -0.228. The number of aliphatic hydroxyl groups is 1. The molecule has 0 saturated carbocycles. The Bertz CT molecular complexity index is 299. The van der Waals surface area contributed by atoms with E-state index in [9.17, 15) is 5.11 Å². The van der Waals surface area contributed by atoms with E-state index in [2.05, 4.69) is 15.1 Å². The molecule has 0 aliphatic carbocycles. The number of hydrogen-bond acceptors (Lipinski definition) is 4. The Labute approximate surface area is 83.4 Å². The molecule has 1 N–H and O–H groups in total. The summed E-state index contributed by atoms with van der Waals surface area (Å²) in [7, 11) is 1.94. The number of aliphatic hydroxyl groups excluding tert-OH is 1. The van der Waals surface area contributed by atoms with Gasteiger partial charge in [0, 0.05) is 13.6 Å². The Morgan fingerprint density at radius 3 is 3.14 bits per heavy atom. The molecule has 0 spiro atoms. The smallest absolute Gasteiger partial charge is 0.146 e. The molecule has 1 unspecified atom stereocenters. The number of likely N-dealkylation sites (tertiary alicyclic amines) is 1. The van der Waals surface area contributed by atoms with E-state index in [1.54, 1.807) is 6.33 Å². The van der Waals surface area contributed by atoms with Crippen LogP contribution in [0.2, 0.25) is 0 Å². The highest BCUT2D eigenvalue weighted by atomic mass is 16.3. The monoisotopic (exact) mass is 196 g/mol. The van der Waals surface area contributed by atoms with Gasteiger partial charge in [0.2, 0.25) is 0 Å². The summed E-state index contributed by atoms with van der Waals surface area (Å²) in [6.07, 6.45) is 3.53. The molecule has 0 bridgehead atoms. The minimum atomic E-state index is -0.169.